The van der Waals surface area contributed by atoms with Crippen LogP contribution >= 0.6 is 11.8 Å². The van der Waals surface area contributed by atoms with Crippen LogP contribution in [-0.4, -0.2) is 32.1 Å². The quantitative estimate of drug-likeness (QED) is 0.855. The van der Waals surface area contributed by atoms with Crippen molar-refractivity contribution in [1.29, 1.82) is 0 Å². The Morgan fingerprint density at radius 2 is 1.61 bits per heavy atom. The Bertz CT molecular complexity index is 497. The molecule has 0 saturated heterocycles. The van der Waals surface area contributed by atoms with Crippen molar-refractivity contribution in [2.45, 2.75) is 11.8 Å². The fourth-order valence-corrected chi connectivity index (χ4v) is 2.76. The summed E-state index contributed by atoms with van der Waals surface area (Å²) in [7, 11) is 5.18. The van der Waals surface area contributed by atoms with E-state index in [1.165, 1.54) is 21.4 Å². The van der Waals surface area contributed by atoms with E-state index in [0.717, 1.165) is 12.9 Å². The number of thioether (sulfide) groups is 1. The normalized spacial score (nSPS) is 9.83. The molecule has 2 aromatic rings. The summed E-state index contributed by atoms with van der Waals surface area (Å²) in [4.78, 5) is 3.55. The maximum atomic E-state index is 7.00. The summed E-state index contributed by atoms with van der Waals surface area (Å²) in [6, 6.07) is 13.1. The van der Waals surface area contributed by atoms with Gasteiger partial charge in [0.15, 0.2) is 0 Å². The van der Waals surface area contributed by atoms with Crippen LogP contribution in [0.5, 0.6) is 0 Å². The number of nitrogens with zero attached hydrogens (tertiary/aromatic N) is 1. The number of aliphatic hydroxyl groups excluding tert-OH is 1. The maximum Gasteiger partial charge on any atom is 0.0441 e. The predicted molar refractivity (Wildman–Crippen MR) is 82.8 cm³/mol. The molecule has 2 nitrogen and oxygen atoms in total. The minimum absolute atomic E-state index is 1.00. The number of aliphatic hydroxyl groups is 1. The molecule has 0 atom stereocenters. The van der Waals surface area contributed by atoms with Crippen LogP contribution in [0.2, 0.25) is 0 Å². The van der Waals surface area contributed by atoms with Crippen LogP contribution in [0.4, 0.5) is 5.69 Å². The summed E-state index contributed by atoms with van der Waals surface area (Å²) < 4.78 is 0. The van der Waals surface area contributed by atoms with Gasteiger partial charge in [-0.15, -0.1) is 11.8 Å². The first-order valence-corrected chi connectivity index (χ1v) is 6.99. The van der Waals surface area contributed by atoms with E-state index in [1.54, 1.807) is 0 Å². The Morgan fingerprint density at radius 1 is 1.00 bits per heavy atom. The number of rotatable bonds is 3. The van der Waals surface area contributed by atoms with E-state index in [0.29, 0.717) is 0 Å². The molecule has 0 aromatic heterocycles. The van der Waals surface area contributed by atoms with Gasteiger partial charge in [0.1, 0.15) is 0 Å². The van der Waals surface area contributed by atoms with Crippen molar-refractivity contribution < 1.29 is 5.11 Å². The van der Waals surface area contributed by atoms with Gasteiger partial charge in [-0.05, 0) is 23.3 Å². The van der Waals surface area contributed by atoms with Crippen molar-refractivity contribution in [2.75, 3.05) is 31.9 Å². The first-order chi connectivity index (χ1) is 8.74. The molecule has 0 fully saturated rings. The largest absolute Gasteiger partial charge is 0.400 e. The molecule has 0 heterocycles. The summed E-state index contributed by atoms with van der Waals surface area (Å²) in [5.74, 6) is 1.12. The Labute approximate surface area is 114 Å². The van der Waals surface area contributed by atoms with E-state index in [1.807, 2.05) is 11.8 Å². The van der Waals surface area contributed by atoms with Gasteiger partial charge < -0.3 is 10.0 Å². The van der Waals surface area contributed by atoms with Crippen molar-refractivity contribution in [2.24, 2.45) is 0 Å². The van der Waals surface area contributed by atoms with E-state index < -0.39 is 0 Å². The second-order valence-electron chi connectivity index (χ2n) is 3.96. The Hall–Kier alpha value is -1.19. The van der Waals surface area contributed by atoms with Gasteiger partial charge in [0.2, 0.25) is 0 Å². The fraction of sp³-hybridized carbons (Fsp3) is 0.333. The first kappa shape index (κ1) is 14.9. The number of anilines is 1. The molecule has 2 aromatic carbocycles. The smallest absolute Gasteiger partial charge is 0.0441 e. The van der Waals surface area contributed by atoms with Crippen LogP contribution in [-0.2, 0) is 0 Å². The van der Waals surface area contributed by atoms with Gasteiger partial charge in [0.05, 0.1) is 0 Å². The monoisotopic (exact) mass is 263 g/mol. The molecule has 0 aliphatic heterocycles. The fourth-order valence-electron chi connectivity index (χ4n) is 1.94. The lowest BCUT2D eigenvalue weighted by atomic mass is 10.1. The first-order valence-electron chi connectivity index (χ1n) is 6.00. The van der Waals surface area contributed by atoms with Crippen LogP contribution in [0.15, 0.2) is 41.3 Å². The van der Waals surface area contributed by atoms with Crippen molar-refractivity contribution in [1.82, 2.24) is 0 Å². The molecule has 0 unspecified atom stereocenters. The second-order valence-corrected chi connectivity index (χ2v) is 5.26. The lowest BCUT2D eigenvalue weighted by Crippen LogP contribution is -2.08. The van der Waals surface area contributed by atoms with Crippen LogP contribution in [0.1, 0.15) is 6.92 Å². The summed E-state index contributed by atoms with van der Waals surface area (Å²) in [6.07, 6.45) is 0. The summed E-state index contributed by atoms with van der Waals surface area (Å²) in [6.45, 7) is 2.19. The summed E-state index contributed by atoms with van der Waals surface area (Å²) in [5, 5.41) is 9.70. The molecule has 2 rings (SSSR count). The van der Waals surface area contributed by atoms with Crippen LogP contribution in [0.3, 0.4) is 0 Å². The number of benzene rings is 2. The van der Waals surface area contributed by atoms with Gasteiger partial charge in [-0.3, -0.25) is 0 Å². The Morgan fingerprint density at radius 3 is 2.22 bits per heavy atom. The second kappa shape index (κ2) is 7.29. The van der Waals surface area contributed by atoms with Gasteiger partial charge in [-0.1, -0.05) is 31.2 Å². The zero-order valence-corrected chi connectivity index (χ0v) is 12.3. The van der Waals surface area contributed by atoms with E-state index >= 15 is 0 Å². The molecule has 0 spiro atoms. The molecule has 3 heteroatoms. The van der Waals surface area contributed by atoms with Gasteiger partial charge in [-0.2, -0.15) is 0 Å². The zero-order chi connectivity index (χ0) is 13.5. The molecule has 98 valence electrons. The average molecular weight is 263 g/mol. The van der Waals surface area contributed by atoms with E-state index in [9.17, 15) is 0 Å². The number of fused-ring (bicyclic) bond motifs is 1. The maximum absolute atomic E-state index is 7.00. The highest BCUT2D eigenvalue weighted by Gasteiger charge is 2.05. The predicted octanol–water partition coefficient (Wildman–Crippen LogP) is 3.63. The third-order valence-electron chi connectivity index (χ3n) is 2.64. The van der Waals surface area contributed by atoms with Crippen molar-refractivity contribution in [3.05, 3.63) is 36.4 Å². The zero-order valence-electron chi connectivity index (χ0n) is 11.5. The molecule has 0 saturated carbocycles. The van der Waals surface area contributed by atoms with E-state index in [-0.39, 0.29) is 0 Å². The Kier molecular flexibility index (Phi) is 6.02. The molecule has 18 heavy (non-hydrogen) atoms. The molecule has 0 radical (unpaired) electrons. The Balaban J connectivity index is 0.000000771. The minimum Gasteiger partial charge on any atom is -0.400 e. The molecule has 0 aliphatic carbocycles. The van der Waals surface area contributed by atoms with Gasteiger partial charge in [-0.25, -0.2) is 0 Å². The van der Waals surface area contributed by atoms with Crippen LogP contribution in [0, 0.1) is 0 Å². The molecule has 1 N–H and O–H groups in total. The highest BCUT2D eigenvalue weighted by molar-refractivity contribution is 7.99. The van der Waals surface area contributed by atoms with Crippen molar-refractivity contribution in [3.63, 3.8) is 0 Å². The SMILES string of the molecule is CCSc1cccc2c(N(C)C)cccc12.CO. The molecular formula is C15H21NOS. The standard InChI is InChI=1S/C14H17NS.CH4O/c1-4-16-14-10-6-7-11-12(14)8-5-9-13(11)15(2)3;1-2/h5-10H,4H2,1-3H3;2H,1H3. The average Bonchev–Trinajstić information content (AvgIpc) is 2.41. The van der Waals surface area contributed by atoms with Crippen LogP contribution in [0.25, 0.3) is 10.8 Å². The lowest BCUT2D eigenvalue weighted by Gasteiger charge is -2.16. The van der Waals surface area contributed by atoms with Gasteiger partial charge in [0, 0.05) is 37.2 Å². The van der Waals surface area contributed by atoms with Crippen molar-refractivity contribution in [3.8, 4) is 0 Å². The topological polar surface area (TPSA) is 23.5 Å². The summed E-state index contributed by atoms with van der Waals surface area (Å²) >= 11 is 1.91. The molecular weight excluding hydrogens is 242 g/mol. The highest BCUT2D eigenvalue weighted by Crippen LogP contribution is 2.32. The number of hydrogen-bond donors (Lipinski definition) is 1. The third-order valence-corrected chi connectivity index (χ3v) is 3.60. The van der Waals surface area contributed by atoms with E-state index in [2.05, 4.69) is 62.3 Å². The summed E-state index contributed by atoms with van der Waals surface area (Å²) in [5.41, 5.74) is 1.29. The van der Waals surface area contributed by atoms with Gasteiger partial charge >= 0.3 is 0 Å². The minimum atomic E-state index is 1.00. The molecule has 0 aliphatic rings. The van der Waals surface area contributed by atoms with Crippen molar-refractivity contribution >= 4 is 28.2 Å². The lowest BCUT2D eigenvalue weighted by molar-refractivity contribution is 0.399. The highest BCUT2D eigenvalue weighted by atomic mass is 32.2. The van der Waals surface area contributed by atoms with Crippen LogP contribution < -0.4 is 4.90 Å². The van der Waals surface area contributed by atoms with Gasteiger partial charge in [0.25, 0.3) is 0 Å². The number of hydrogen-bond acceptors (Lipinski definition) is 3. The van der Waals surface area contributed by atoms with E-state index in [4.69, 9.17) is 5.11 Å². The third kappa shape index (κ3) is 3.18. The molecule has 0 amide bonds. The molecule has 0 bridgehead atoms.